The zero-order chi connectivity index (χ0) is 20.3. The van der Waals surface area contributed by atoms with E-state index in [2.05, 4.69) is 5.32 Å². The Morgan fingerprint density at radius 3 is 2.46 bits per heavy atom. The van der Waals surface area contributed by atoms with Crippen molar-refractivity contribution in [3.05, 3.63) is 82.9 Å². The molecular weight excluding hydrogens is 364 g/mol. The number of esters is 1. The van der Waals surface area contributed by atoms with Crippen LogP contribution >= 0.6 is 0 Å². The summed E-state index contributed by atoms with van der Waals surface area (Å²) in [5.41, 5.74) is 0.619. The third-order valence-corrected chi connectivity index (χ3v) is 5.00. The maximum atomic E-state index is 14.0. The molecule has 1 aliphatic rings. The highest BCUT2D eigenvalue weighted by Gasteiger charge is 2.34. The Labute approximate surface area is 162 Å². The lowest BCUT2D eigenvalue weighted by Gasteiger charge is -2.22. The van der Waals surface area contributed by atoms with Crippen LogP contribution in [0.4, 0.5) is 8.78 Å². The largest absolute Gasteiger partial charge is 0.469 e. The molecule has 28 heavy (non-hydrogen) atoms. The number of carbonyl (C=O) groups is 2. The molecule has 1 amide bonds. The van der Waals surface area contributed by atoms with Gasteiger partial charge < -0.3 is 10.1 Å². The molecule has 3 unspecified atom stereocenters. The molecule has 3 rings (SSSR count). The number of amides is 1. The molecule has 4 nitrogen and oxygen atoms in total. The summed E-state index contributed by atoms with van der Waals surface area (Å²) in [4.78, 5) is 24.7. The fourth-order valence-corrected chi connectivity index (χ4v) is 3.49. The van der Waals surface area contributed by atoms with Gasteiger partial charge in [-0.1, -0.05) is 48.6 Å². The molecule has 0 saturated heterocycles. The van der Waals surface area contributed by atoms with Crippen molar-refractivity contribution in [3.63, 3.8) is 0 Å². The molecule has 146 valence electrons. The molecule has 0 bridgehead atoms. The maximum absolute atomic E-state index is 14.0. The van der Waals surface area contributed by atoms with E-state index in [0.717, 1.165) is 5.56 Å². The molecule has 2 aromatic carbocycles. The first-order valence-electron chi connectivity index (χ1n) is 8.99. The lowest BCUT2D eigenvalue weighted by Crippen LogP contribution is -2.34. The van der Waals surface area contributed by atoms with E-state index in [-0.39, 0.29) is 23.0 Å². The Bertz CT molecular complexity index is 911. The Kier molecular flexibility index (Phi) is 5.87. The van der Waals surface area contributed by atoms with Crippen LogP contribution in [0.5, 0.6) is 0 Å². The summed E-state index contributed by atoms with van der Waals surface area (Å²) in [6, 6.07) is 11.5. The summed E-state index contributed by atoms with van der Waals surface area (Å²) in [7, 11) is 1.34. The summed E-state index contributed by atoms with van der Waals surface area (Å²) in [6.07, 6.45) is 4.08. The van der Waals surface area contributed by atoms with Crippen LogP contribution in [0.2, 0.25) is 0 Å². The van der Waals surface area contributed by atoms with E-state index in [1.165, 1.54) is 26.2 Å². The van der Waals surface area contributed by atoms with Gasteiger partial charge in [0.05, 0.1) is 18.6 Å². The van der Waals surface area contributed by atoms with Gasteiger partial charge in [0.2, 0.25) is 0 Å². The molecule has 1 aliphatic carbocycles. The first-order valence-corrected chi connectivity index (χ1v) is 8.99. The van der Waals surface area contributed by atoms with Crippen molar-refractivity contribution in [2.75, 3.05) is 7.11 Å². The first-order chi connectivity index (χ1) is 13.4. The van der Waals surface area contributed by atoms with Gasteiger partial charge in [-0.05, 0) is 36.5 Å². The average Bonchev–Trinajstić information content (AvgIpc) is 3.14. The number of hydrogen-bond acceptors (Lipinski definition) is 3. The van der Waals surface area contributed by atoms with Gasteiger partial charge in [-0.3, -0.25) is 9.59 Å². The molecule has 3 atom stereocenters. The SMILES string of the molecule is COC(=O)C(c1ccccc1)C1C=CC(NC(=O)c2ccc(C)c(F)c2F)C1. The second-order valence-corrected chi connectivity index (χ2v) is 6.83. The number of allylic oxidation sites excluding steroid dienone is 1. The quantitative estimate of drug-likeness (QED) is 0.627. The second kappa shape index (κ2) is 8.33. The molecule has 0 aliphatic heterocycles. The van der Waals surface area contributed by atoms with Crippen LogP contribution in [-0.2, 0) is 9.53 Å². The standard InChI is InChI=1S/C22H21F2NO3/c1-13-8-11-17(20(24)19(13)23)21(26)25-16-10-9-15(12-16)18(22(27)28-2)14-6-4-3-5-7-14/h3-11,15-16,18H,12H2,1-2H3,(H,25,26). The van der Waals surface area contributed by atoms with Crippen molar-refractivity contribution < 1.29 is 23.1 Å². The molecule has 0 saturated carbocycles. The van der Waals surface area contributed by atoms with Crippen molar-refractivity contribution in [2.45, 2.75) is 25.3 Å². The van der Waals surface area contributed by atoms with Crippen molar-refractivity contribution in [2.24, 2.45) is 5.92 Å². The molecule has 0 radical (unpaired) electrons. The van der Waals surface area contributed by atoms with Crippen LogP contribution in [0.15, 0.2) is 54.6 Å². The number of nitrogens with one attached hydrogen (secondary N) is 1. The molecule has 2 aromatic rings. The molecule has 6 heteroatoms. The fraction of sp³-hybridized carbons (Fsp3) is 0.273. The predicted octanol–water partition coefficient (Wildman–Crippen LogP) is 3.90. The minimum absolute atomic E-state index is 0.138. The summed E-state index contributed by atoms with van der Waals surface area (Å²) in [5.74, 6) is -3.92. The molecule has 1 N–H and O–H groups in total. The van der Waals surface area contributed by atoms with Crippen molar-refractivity contribution in [1.29, 1.82) is 0 Å². The van der Waals surface area contributed by atoms with Crippen LogP contribution in [0.3, 0.4) is 0 Å². The van der Waals surface area contributed by atoms with Crippen LogP contribution in [-0.4, -0.2) is 25.0 Å². The van der Waals surface area contributed by atoms with Gasteiger partial charge in [0.1, 0.15) is 0 Å². The molecule has 0 aromatic heterocycles. The highest BCUT2D eigenvalue weighted by molar-refractivity contribution is 5.95. The van der Waals surface area contributed by atoms with Gasteiger partial charge in [-0.15, -0.1) is 0 Å². The minimum Gasteiger partial charge on any atom is -0.469 e. The van der Waals surface area contributed by atoms with E-state index in [0.29, 0.717) is 6.42 Å². The third-order valence-electron chi connectivity index (χ3n) is 5.00. The number of benzene rings is 2. The van der Waals surface area contributed by atoms with Crippen molar-refractivity contribution in [3.8, 4) is 0 Å². The van der Waals surface area contributed by atoms with E-state index < -0.39 is 29.5 Å². The van der Waals surface area contributed by atoms with Gasteiger partial charge in [0.25, 0.3) is 5.91 Å². The van der Waals surface area contributed by atoms with Crippen molar-refractivity contribution >= 4 is 11.9 Å². The summed E-state index contributed by atoms with van der Waals surface area (Å²) >= 11 is 0. The van der Waals surface area contributed by atoms with E-state index in [9.17, 15) is 18.4 Å². The third kappa shape index (κ3) is 3.96. The van der Waals surface area contributed by atoms with Crippen LogP contribution in [0.1, 0.15) is 33.8 Å². The lowest BCUT2D eigenvalue weighted by atomic mass is 9.85. The van der Waals surface area contributed by atoms with Gasteiger partial charge >= 0.3 is 5.97 Å². The van der Waals surface area contributed by atoms with Gasteiger partial charge in [0, 0.05) is 6.04 Å². The Hall–Kier alpha value is -3.02. The number of hydrogen-bond donors (Lipinski definition) is 1. The van der Waals surface area contributed by atoms with Gasteiger partial charge in [0.15, 0.2) is 11.6 Å². The van der Waals surface area contributed by atoms with E-state index in [1.54, 1.807) is 6.08 Å². The van der Waals surface area contributed by atoms with Gasteiger partial charge in [-0.25, -0.2) is 8.78 Å². The molecular formula is C22H21F2NO3. The Morgan fingerprint density at radius 2 is 1.79 bits per heavy atom. The Balaban J connectivity index is 1.73. The number of halogens is 2. The van der Waals surface area contributed by atoms with Crippen LogP contribution in [0.25, 0.3) is 0 Å². The monoisotopic (exact) mass is 385 g/mol. The maximum Gasteiger partial charge on any atom is 0.313 e. The molecule has 0 spiro atoms. The first kappa shape index (κ1) is 19.7. The van der Waals surface area contributed by atoms with Gasteiger partial charge in [-0.2, -0.15) is 0 Å². The van der Waals surface area contributed by atoms with Crippen molar-refractivity contribution in [1.82, 2.24) is 5.32 Å². The lowest BCUT2D eigenvalue weighted by molar-refractivity contribution is -0.143. The number of ether oxygens (including phenoxy) is 1. The zero-order valence-electron chi connectivity index (χ0n) is 15.6. The normalized spacial score (nSPS) is 19.3. The highest BCUT2D eigenvalue weighted by Crippen LogP contribution is 2.34. The average molecular weight is 385 g/mol. The number of methoxy groups -OCH3 is 1. The van der Waals surface area contributed by atoms with E-state index in [1.807, 2.05) is 36.4 Å². The van der Waals surface area contributed by atoms with Crippen LogP contribution in [0, 0.1) is 24.5 Å². The second-order valence-electron chi connectivity index (χ2n) is 6.83. The minimum atomic E-state index is -1.16. The van der Waals surface area contributed by atoms with E-state index >= 15 is 0 Å². The number of aryl methyl sites for hydroxylation is 1. The summed E-state index contributed by atoms with van der Waals surface area (Å²) < 4.78 is 32.7. The van der Waals surface area contributed by atoms with E-state index in [4.69, 9.17) is 4.74 Å². The Morgan fingerprint density at radius 1 is 1.07 bits per heavy atom. The number of rotatable bonds is 5. The summed E-state index contributed by atoms with van der Waals surface area (Å²) in [5, 5.41) is 2.69. The highest BCUT2D eigenvalue weighted by atomic mass is 19.2. The molecule has 0 fully saturated rings. The fourth-order valence-electron chi connectivity index (χ4n) is 3.49. The summed E-state index contributed by atoms with van der Waals surface area (Å²) in [6.45, 7) is 1.43. The predicted molar refractivity (Wildman–Crippen MR) is 101 cm³/mol. The zero-order valence-corrected chi connectivity index (χ0v) is 15.6. The smallest absolute Gasteiger partial charge is 0.313 e. The topological polar surface area (TPSA) is 55.4 Å². The molecule has 0 heterocycles. The number of carbonyl (C=O) groups excluding carboxylic acids is 2. The van der Waals surface area contributed by atoms with Crippen LogP contribution < -0.4 is 5.32 Å².